The highest BCUT2D eigenvalue weighted by Crippen LogP contribution is 2.23. The van der Waals surface area contributed by atoms with Crippen LogP contribution in [0.2, 0.25) is 0 Å². The van der Waals surface area contributed by atoms with Gasteiger partial charge in [-0.1, -0.05) is 19.9 Å². The van der Waals surface area contributed by atoms with Gasteiger partial charge in [-0.05, 0) is 36.8 Å². The topological polar surface area (TPSA) is 71.5 Å². The second kappa shape index (κ2) is 8.25. The van der Waals surface area contributed by atoms with E-state index in [4.69, 9.17) is 4.74 Å². The summed E-state index contributed by atoms with van der Waals surface area (Å²) in [6.45, 7) is 5.69. The number of nitrogens with one attached hydrogen (secondary N) is 1. The Bertz CT molecular complexity index is 458. The molecule has 1 fully saturated rings. The predicted molar refractivity (Wildman–Crippen MR) is 84.4 cm³/mol. The molecule has 2 heterocycles. The van der Waals surface area contributed by atoms with E-state index in [0.717, 1.165) is 18.5 Å². The first-order valence-electron chi connectivity index (χ1n) is 8.04. The maximum atomic E-state index is 12.5. The molecule has 1 aromatic heterocycles. The Hall–Kier alpha value is -1.46. The monoisotopic (exact) mass is 306 g/mol. The van der Waals surface area contributed by atoms with Crippen LogP contribution >= 0.6 is 0 Å². The zero-order chi connectivity index (χ0) is 15.9. The molecule has 1 aliphatic heterocycles. The average molecular weight is 306 g/mol. The van der Waals surface area contributed by atoms with Crippen LogP contribution in [0.25, 0.3) is 0 Å². The predicted octanol–water partition coefficient (Wildman–Crippen LogP) is 1.72. The number of rotatable bonds is 6. The van der Waals surface area contributed by atoms with Crippen molar-refractivity contribution in [3.63, 3.8) is 0 Å². The number of aromatic nitrogens is 1. The Balaban J connectivity index is 1.91. The molecule has 1 aliphatic rings. The number of aliphatic hydroxyl groups is 1. The van der Waals surface area contributed by atoms with Gasteiger partial charge in [0.1, 0.15) is 0 Å². The molecule has 2 N–H and O–H groups in total. The third-order valence-electron chi connectivity index (χ3n) is 4.25. The summed E-state index contributed by atoms with van der Waals surface area (Å²) in [7, 11) is 0. The van der Waals surface area contributed by atoms with Gasteiger partial charge in [-0.2, -0.15) is 0 Å². The number of hydrogen-bond acceptors (Lipinski definition) is 4. The van der Waals surface area contributed by atoms with E-state index >= 15 is 0 Å². The Labute approximate surface area is 132 Å². The van der Waals surface area contributed by atoms with Gasteiger partial charge in [0, 0.05) is 26.0 Å². The second-order valence-electron chi connectivity index (χ2n) is 6.24. The molecule has 1 amide bonds. The highest BCUT2D eigenvalue weighted by atomic mass is 16.5. The number of ether oxygens (including phenoxy) is 1. The zero-order valence-corrected chi connectivity index (χ0v) is 13.4. The van der Waals surface area contributed by atoms with Gasteiger partial charge in [-0.3, -0.25) is 9.78 Å². The van der Waals surface area contributed by atoms with Gasteiger partial charge in [-0.15, -0.1) is 0 Å². The van der Waals surface area contributed by atoms with Crippen molar-refractivity contribution >= 4 is 5.91 Å². The number of carbonyl (C=O) groups excluding carboxylic acids is 1. The van der Waals surface area contributed by atoms with Crippen molar-refractivity contribution in [2.45, 2.75) is 38.7 Å². The third kappa shape index (κ3) is 4.52. The summed E-state index contributed by atoms with van der Waals surface area (Å²) in [5.74, 6) is -0.000535. The highest BCUT2D eigenvalue weighted by molar-refractivity contribution is 5.83. The quantitative estimate of drug-likeness (QED) is 0.839. The minimum Gasteiger partial charge on any atom is -0.391 e. The lowest BCUT2D eigenvalue weighted by Gasteiger charge is -2.27. The van der Waals surface area contributed by atoms with Gasteiger partial charge < -0.3 is 15.2 Å². The van der Waals surface area contributed by atoms with E-state index in [-0.39, 0.29) is 23.7 Å². The lowest BCUT2D eigenvalue weighted by atomic mass is 9.90. The third-order valence-corrected chi connectivity index (χ3v) is 4.25. The van der Waals surface area contributed by atoms with Gasteiger partial charge in [0.25, 0.3) is 0 Å². The number of carbonyl (C=O) groups is 1. The fraction of sp³-hybridized carbons (Fsp3) is 0.647. The van der Waals surface area contributed by atoms with E-state index in [9.17, 15) is 9.90 Å². The van der Waals surface area contributed by atoms with Crippen LogP contribution < -0.4 is 5.32 Å². The first-order chi connectivity index (χ1) is 10.6. The molecule has 2 rings (SSSR count). The molecule has 122 valence electrons. The van der Waals surface area contributed by atoms with Crippen LogP contribution in [0.1, 0.15) is 38.3 Å². The van der Waals surface area contributed by atoms with Crippen LogP contribution in [0.5, 0.6) is 0 Å². The van der Waals surface area contributed by atoms with Gasteiger partial charge >= 0.3 is 0 Å². The molecule has 0 saturated carbocycles. The number of pyridine rings is 1. The standard InChI is InChI=1S/C17H26N2O3/c1-12(2)16(14-5-3-4-8-18-14)17(21)19-11-15(20)13-6-9-22-10-7-13/h3-5,8,12-13,15-16,20H,6-7,9-11H2,1-2H3,(H,19,21)/t15-,16-/m0/s1. The fourth-order valence-corrected chi connectivity index (χ4v) is 2.92. The number of aliphatic hydroxyl groups excluding tert-OH is 1. The Morgan fingerprint density at radius 3 is 2.73 bits per heavy atom. The maximum absolute atomic E-state index is 12.5. The van der Waals surface area contributed by atoms with Gasteiger partial charge in [0.05, 0.1) is 17.7 Å². The van der Waals surface area contributed by atoms with Gasteiger partial charge in [-0.25, -0.2) is 0 Å². The summed E-state index contributed by atoms with van der Waals surface area (Å²) >= 11 is 0. The van der Waals surface area contributed by atoms with E-state index in [2.05, 4.69) is 10.3 Å². The smallest absolute Gasteiger partial charge is 0.229 e. The van der Waals surface area contributed by atoms with Crippen LogP contribution in [-0.2, 0) is 9.53 Å². The second-order valence-corrected chi connectivity index (χ2v) is 6.24. The number of hydrogen-bond donors (Lipinski definition) is 2. The molecular weight excluding hydrogens is 280 g/mol. The van der Waals surface area contributed by atoms with Crippen molar-refractivity contribution in [3.8, 4) is 0 Å². The SMILES string of the molecule is CC(C)[C@H](C(=O)NC[C@H](O)C1CCOCC1)c1ccccn1. The van der Waals surface area contributed by atoms with Crippen LogP contribution in [0.15, 0.2) is 24.4 Å². The molecule has 0 aromatic carbocycles. The number of amides is 1. The minimum atomic E-state index is -0.510. The maximum Gasteiger partial charge on any atom is 0.229 e. The summed E-state index contributed by atoms with van der Waals surface area (Å²) in [6, 6.07) is 5.61. The Kier molecular flexibility index (Phi) is 6.34. The fourth-order valence-electron chi connectivity index (χ4n) is 2.92. The Morgan fingerprint density at radius 2 is 2.14 bits per heavy atom. The Morgan fingerprint density at radius 1 is 1.41 bits per heavy atom. The van der Waals surface area contributed by atoms with E-state index < -0.39 is 6.10 Å². The molecule has 0 spiro atoms. The lowest BCUT2D eigenvalue weighted by molar-refractivity contribution is -0.124. The van der Waals surface area contributed by atoms with Gasteiger partial charge in [0.2, 0.25) is 5.91 Å². The molecule has 2 atom stereocenters. The van der Waals surface area contributed by atoms with Crippen molar-refractivity contribution in [3.05, 3.63) is 30.1 Å². The van der Waals surface area contributed by atoms with E-state index in [1.807, 2.05) is 32.0 Å². The van der Waals surface area contributed by atoms with Crippen molar-refractivity contribution < 1.29 is 14.6 Å². The molecule has 0 unspecified atom stereocenters. The average Bonchev–Trinajstić information content (AvgIpc) is 2.54. The lowest BCUT2D eigenvalue weighted by Crippen LogP contribution is -2.41. The zero-order valence-electron chi connectivity index (χ0n) is 13.4. The van der Waals surface area contributed by atoms with Gasteiger partial charge in [0.15, 0.2) is 0 Å². The number of nitrogens with zero attached hydrogens (tertiary/aromatic N) is 1. The summed E-state index contributed by atoms with van der Waals surface area (Å²) in [5.41, 5.74) is 0.774. The summed E-state index contributed by atoms with van der Waals surface area (Å²) in [5, 5.41) is 13.1. The highest BCUT2D eigenvalue weighted by Gasteiger charge is 2.27. The molecular formula is C17H26N2O3. The first-order valence-corrected chi connectivity index (χ1v) is 8.04. The van der Waals surface area contributed by atoms with E-state index in [1.54, 1.807) is 6.20 Å². The van der Waals surface area contributed by atoms with E-state index in [1.165, 1.54) is 0 Å². The van der Waals surface area contributed by atoms with Crippen molar-refractivity contribution in [2.75, 3.05) is 19.8 Å². The van der Waals surface area contributed by atoms with Crippen molar-refractivity contribution in [1.29, 1.82) is 0 Å². The van der Waals surface area contributed by atoms with Crippen molar-refractivity contribution in [2.24, 2.45) is 11.8 Å². The van der Waals surface area contributed by atoms with E-state index in [0.29, 0.717) is 19.8 Å². The summed E-state index contributed by atoms with van der Waals surface area (Å²) in [6.07, 6.45) is 2.90. The first kappa shape index (κ1) is 16.9. The molecule has 5 nitrogen and oxygen atoms in total. The molecule has 1 saturated heterocycles. The van der Waals surface area contributed by atoms with Crippen LogP contribution in [-0.4, -0.2) is 41.9 Å². The van der Waals surface area contributed by atoms with Crippen LogP contribution in [0, 0.1) is 11.8 Å². The normalized spacial score (nSPS) is 18.9. The molecule has 1 aromatic rings. The molecule has 22 heavy (non-hydrogen) atoms. The van der Waals surface area contributed by atoms with Crippen LogP contribution in [0.4, 0.5) is 0 Å². The molecule has 0 radical (unpaired) electrons. The summed E-state index contributed by atoms with van der Waals surface area (Å²) in [4.78, 5) is 16.8. The van der Waals surface area contributed by atoms with Crippen molar-refractivity contribution in [1.82, 2.24) is 10.3 Å². The molecule has 0 aliphatic carbocycles. The molecule has 0 bridgehead atoms. The minimum absolute atomic E-state index is 0.0696. The molecule has 5 heteroatoms. The summed E-state index contributed by atoms with van der Waals surface area (Å²) < 4.78 is 5.30. The van der Waals surface area contributed by atoms with Crippen LogP contribution in [0.3, 0.4) is 0 Å². The largest absolute Gasteiger partial charge is 0.391 e.